The quantitative estimate of drug-likeness (QED) is 0.609. The Hall–Kier alpha value is -2.17. The fourth-order valence-electron chi connectivity index (χ4n) is 3.24. The summed E-state index contributed by atoms with van der Waals surface area (Å²) in [6.45, 7) is 3.25. The van der Waals surface area contributed by atoms with Crippen LogP contribution in [0.5, 0.6) is 5.75 Å². The van der Waals surface area contributed by atoms with Crippen LogP contribution in [0, 0.1) is 5.82 Å². The molecule has 0 aliphatic rings. The van der Waals surface area contributed by atoms with E-state index in [1.165, 1.54) is 10.4 Å². The lowest BCUT2D eigenvalue weighted by molar-refractivity contribution is -0.692. The second kappa shape index (κ2) is 8.97. The van der Waals surface area contributed by atoms with Crippen molar-refractivity contribution >= 4 is 11.3 Å². The van der Waals surface area contributed by atoms with Gasteiger partial charge in [0.15, 0.2) is 0 Å². The van der Waals surface area contributed by atoms with Crippen LogP contribution in [0.15, 0.2) is 66.0 Å². The molecule has 0 amide bonds. The first kappa shape index (κ1) is 18.6. The maximum atomic E-state index is 13.3. The molecule has 2 nitrogen and oxygen atoms in total. The van der Waals surface area contributed by atoms with E-state index in [1.54, 1.807) is 30.6 Å². The molecule has 1 heterocycles. The van der Waals surface area contributed by atoms with Crippen LogP contribution in [-0.2, 0) is 0 Å². The normalized spacial score (nSPS) is 13.3. The topological polar surface area (TPSA) is 25.8 Å². The first-order valence-electron chi connectivity index (χ1n) is 8.93. The van der Waals surface area contributed by atoms with Gasteiger partial charge in [0.1, 0.15) is 17.6 Å². The molecule has 136 valence electrons. The van der Waals surface area contributed by atoms with Crippen LogP contribution < -0.4 is 10.1 Å². The first-order valence-corrected chi connectivity index (χ1v) is 9.81. The summed E-state index contributed by atoms with van der Waals surface area (Å²) in [4.78, 5) is 1.40. The second-order valence-electron chi connectivity index (χ2n) is 6.49. The van der Waals surface area contributed by atoms with Crippen LogP contribution >= 0.6 is 11.3 Å². The van der Waals surface area contributed by atoms with Crippen molar-refractivity contribution in [3.05, 3.63) is 87.9 Å². The van der Waals surface area contributed by atoms with Crippen molar-refractivity contribution < 1.29 is 14.4 Å². The molecule has 0 radical (unpaired) electrons. The SMILES string of the molecule is COc1ccc([C@H](CC[NH2+][C@H](C)c2cccs2)c2ccc(F)cc2)cc1. The van der Waals surface area contributed by atoms with Gasteiger partial charge >= 0.3 is 0 Å². The predicted octanol–water partition coefficient (Wildman–Crippen LogP) is 4.74. The number of benzene rings is 2. The molecule has 2 atom stereocenters. The average Bonchev–Trinajstić information content (AvgIpc) is 3.21. The molecule has 0 aliphatic carbocycles. The van der Waals surface area contributed by atoms with Gasteiger partial charge in [0.05, 0.1) is 18.5 Å². The van der Waals surface area contributed by atoms with Crippen molar-refractivity contribution in [1.29, 1.82) is 0 Å². The van der Waals surface area contributed by atoms with E-state index in [2.05, 4.69) is 41.9 Å². The van der Waals surface area contributed by atoms with Gasteiger partial charge in [0.25, 0.3) is 0 Å². The van der Waals surface area contributed by atoms with Crippen molar-refractivity contribution in [3.63, 3.8) is 0 Å². The van der Waals surface area contributed by atoms with Crippen LogP contribution in [0.2, 0.25) is 0 Å². The molecule has 2 aromatic carbocycles. The maximum absolute atomic E-state index is 13.3. The zero-order chi connectivity index (χ0) is 18.4. The first-order chi connectivity index (χ1) is 12.7. The Morgan fingerprint density at radius 3 is 2.23 bits per heavy atom. The molecule has 26 heavy (non-hydrogen) atoms. The smallest absolute Gasteiger partial charge is 0.123 e. The summed E-state index contributed by atoms with van der Waals surface area (Å²) in [5.74, 6) is 0.901. The fourth-order valence-corrected chi connectivity index (χ4v) is 4.02. The molecule has 0 aliphatic heterocycles. The highest BCUT2D eigenvalue weighted by Crippen LogP contribution is 2.29. The summed E-state index contributed by atoms with van der Waals surface area (Å²) in [6, 6.07) is 19.8. The Labute approximate surface area is 158 Å². The molecular formula is C22H25FNOS+. The number of rotatable bonds is 8. The molecule has 4 heteroatoms. The summed E-state index contributed by atoms with van der Waals surface area (Å²) in [5, 5.41) is 4.50. The van der Waals surface area contributed by atoms with Gasteiger partial charge in [0.2, 0.25) is 0 Å². The zero-order valence-electron chi connectivity index (χ0n) is 15.2. The van der Waals surface area contributed by atoms with Crippen molar-refractivity contribution in [1.82, 2.24) is 0 Å². The van der Waals surface area contributed by atoms with Crippen molar-refractivity contribution in [2.24, 2.45) is 0 Å². The number of thiophene rings is 1. The highest BCUT2D eigenvalue weighted by molar-refractivity contribution is 7.10. The van der Waals surface area contributed by atoms with Gasteiger partial charge in [-0.2, -0.15) is 0 Å². The summed E-state index contributed by atoms with van der Waals surface area (Å²) < 4.78 is 18.6. The van der Waals surface area contributed by atoms with Crippen molar-refractivity contribution in [2.45, 2.75) is 25.3 Å². The van der Waals surface area contributed by atoms with Gasteiger partial charge in [-0.05, 0) is 53.8 Å². The number of quaternary nitrogens is 1. The highest BCUT2D eigenvalue weighted by Gasteiger charge is 2.17. The van der Waals surface area contributed by atoms with Crippen LogP contribution in [0.4, 0.5) is 4.39 Å². The Balaban J connectivity index is 1.73. The Morgan fingerprint density at radius 1 is 1.00 bits per heavy atom. The highest BCUT2D eigenvalue weighted by atomic mass is 32.1. The molecule has 3 rings (SSSR count). The molecule has 0 fully saturated rings. The molecule has 3 aromatic rings. The lowest BCUT2D eigenvalue weighted by Gasteiger charge is -2.19. The third-order valence-corrected chi connectivity index (χ3v) is 5.83. The van der Waals surface area contributed by atoms with E-state index in [0.29, 0.717) is 6.04 Å². The summed E-state index contributed by atoms with van der Waals surface area (Å²) in [5.41, 5.74) is 2.38. The summed E-state index contributed by atoms with van der Waals surface area (Å²) >= 11 is 1.80. The van der Waals surface area contributed by atoms with E-state index in [9.17, 15) is 4.39 Å². The third-order valence-electron chi connectivity index (χ3n) is 4.76. The minimum atomic E-state index is -0.194. The molecule has 0 spiro atoms. The molecule has 0 saturated carbocycles. The fraction of sp³-hybridized carbons (Fsp3) is 0.273. The molecule has 0 saturated heterocycles. The van der Waals surface area contributed by atoms with Gasteiger partial charge in [0, 0.05) is 12.3 Å². The molecule has 2 N–H and O–H groups in total. The van der Waals surface area contributed by atoms with Crippen molar-refractivity contribution in [2.75, 3.05) is 13.7 Å². The number of hydrogen-bond acceptors (Lipinski definition) is 2. The molecule has 1 aromatic heterocycles. The predicted molar refractivity (Wildman–Crippen MR) is 105 cm³/mol. The van der Waals surface area contributed by atoms with Gasteiger partial charge in [-0.1, -0.05) is 30.3 Å². The lowest BCUT2D eigenvalue weighted by Crippen LogP contribution is -2.84. The summed E-state index contributed by atoms with van der Waals surface area (Å²) in [7, 11) is 1.67. The number of methoxy groups -OCH3 is 1. The number of hydrogen-bond donors (Lipinski definition) is 1. The van der Waals surface area contributed by atoms with Gasteiger partial charge in [-0.15, -0.1) is 11.3 Å². The number of nitrogens with two attached hydrogens (primary N) is 1. The third kappa shape index (κ3) is 4.71. The molecular weight excluding hydrogens is 345 g/mol. The van der Waals surface area contributed by atoms with Gasteiger partial charge in [-0.3, -0.25) is 0 Å². The Morgan fingerprint density at radius 2 is 1.65 bits per heavy atom. The largest absolute Gasteiger partial charge is 0.497 e. The van der Waals surface area contributed by atoms with E-state index in [0.717, 1.165) is 24.3 Å². The Kier molecular flexibility index (Phi) is 6.42. The average molecular weight is 371 g/mol. The van der Waals surface area contributed by atoms with Crippen LogP contribution in [0.1, 0.15) is 41.3 Å². The standard InChI is InChI=1S/C22H24FNOS/c1-16(22-4-3-15-26-22)24-14-13-21(17-5-9-19(23)10-6-17)18-7-11-20(25-2)12-8-18/h3-12,15-16,21,24H,13-14H2,1-2H3/p+1/t16-,21-/m1/s1. The minimum absolute atomic E-state index is 0.194. The van der Waals surface area contributed by atoms with E-state index in [1.807, 2.05) is 24.3 Å². The minimum Gasteiger partial charge on any atom is -0.497 e. The van der Waals surface area contributed by atoms with Crippen LogP contribution in [0.25, 0.3) is 0 Å². The Bertz CT molecular complexity index is 784. The van der Waals surface area contributed by atoms with Crippen molar-refractivity contribution in [3.8, 4) is 5.75 Å². The van der Waals surface area contributed by atoms with E-state index < -0.39 is 0 Å². The number of ether oxygens (including phenoxy) is 1. The molecule has 0 unspecified atom stereocenters. The van der Waals surface area contributed by atoms with Crippen LogP contribution in [0.3, 0.4) is 0 Å². The monoisotopic (exact) mass is 370 g/mol. The van der Waals surface area contributed by atoms with E-state index in [4.69, 9.17) is 4.74 Å². The number of halogens is 1. The second-order valence-corrected chi connectivity index (χ2v) is 7.47. The van der Waals surface area contributed by atoms with Gasteiger partial charge < -0.3 is 10.1 Å². The van der Waals surface area contributed by atoms with E-state index >= 15 is 0 Å². The molecule has 0 bridgehead atoms. The maximum Gasteiger partial charge on any atom is 0.123 e. The summed E-state index contributed by atoms with van der Waals surface area (Å²) in [6.07, 6.45) is 0.994. The van der Waals surface area contributed by atoms with Gasteiger partial charge in [-0.25, -0.2) is 4.39 Å². The lowest BCUT2D eigenvalue weighted by atomic mass is 9.88. The zero-order valence-corrected chi connectivity index (χ0v) is 16.0. The van der Waals surface area contributed by atoms with Crippen LogP contribution in [-0.4, -0.2) is 13.7 Å². The van der Waals surface area contributed by atoms with E-state index in [-0.39, 0.29) is 11.7 Å².